The average Bonchev–Trinajstić information content (AvgIpc) is 2.94. The molecule has 0 saturated carbocycles. The maximum atomic E-state index is 12.6. The third-order valence-electron chi connectivity index (χ3n) is 4.30. The lowest BCUT2D eigenvalue weighted by Crippen LogP contribution is -2.25. The van der Waals surface area contributed by atoms with Gasteiger partial charge in [-0.15, -0.1) is 0 Å². The summed E-state index contributed by atoms with van der Waals surface area (Å²) in [7, 11) is -2.34. The Labute approximate surface area is 170 Å². The van der Waals surface area contributed by atoms with Crippen LogP contribution in [0.5, 0.6) is 0 Å². The minimum Gasteiger partial charge on any atom is -0.427 e. The van der Waals surface area contributed by atoms with Crippen LogP contribution in [0.25, 0.3) is 0 Å². The number of allylic oxidation sites excluding steroid dienone is 2. The number of tetrazole rings is 1. The molecule has 0 N–H and O–H groups in total. The number of hydrogen-bond donors (Lipinski definition) is 0. The normalized spacial score (nSPS) is 14.6. The first kappa shape index (κ1) is 20.9. The maximum Gasteiger partial charge on any atom is 0.363 e. The Kier molecular flexibility index (Phi) is 5.71. The number of ether oxygens (including phenoxy) is 1. The molecule has 0 atom stereocenters. The van der Waals surface area contributed by atoms with E-state index in [0.717, 1.165) is 15.6 Å². The zero-order valence-electron chi connectivity index (χ0n) is 15.6. The van der Waals surface area contributed by atoms with Crippen molar-refractivity contribution in [2.75, 3.05) is 6.26 Å². The van der Waals surface area contributed by atoms with Crippen molar-refractivity contribution >= 4 is 33.2 Å². The molecular formula is C17H17ClN4O6S. The van der Waals surface area contributed by atoms with Crippen LogP contribution in [-0.2, 0) is 33.0 Å². The van der Waals surface area contributed by atoms with E-state index in [4.69, 9.17) is 16.3 Å². The van der Waals surface area contributed by atoms with Gasteiger partial charge in [-0.2, -0.15) is 9.36 Å². The van der Waals surface area contributed by atoms with Gasteiger partial charge in [-0.25, -0.2) is 18.0 Å². The smallest absolute Gasteiger partial charge is 0.363 e. The second-order valence-electron chi connectivity index (χ2n) is 6.54. The summed E-state index contributed by atoms with van der Waals surface area (Å²) < 4.78 is 31.5. The SMILES string of the molecule is Cn1nnn(Cc2c(S(C)(=O)=O)ccc(C(=O)OC3=CC(=O)CCC3)c2Cl)c1=O. The number of sulfone groups is 1. The van der Waals surface area contributed by atoms with Gasteiger partial charge in [0.15, 0.2) is 15.6 Å². The summed E-state index contributed by atoms with van der Waals surface area (Å²) in [6.07, 6.45) is 3.64. The van der Waals surface area contributed by atoms with Crippen molar-refractivity contribution in [3.63, 3.8) is 0 Å². The molecule has 0 unspecified atom stereocenters. The summed E-state index contributed by atoms with van der Waals surface area (Å²) >= 11 is 6.35. The highest BCUT2D eigenvalue weighted by molar-refractivity contribution is 7.90. The van der Waals surface area contributed by atoms with E-state index in [9.17, 15) is 22.8 Å². The van der Waals surface area contributed by atoms with Gasteiger partial charge in [-0.3, -0.25) is 4.79 Å². The highest BCUT2D eigenvalue weighted by atomic mass is 35.5. The summed E-state index contributed by atoms with van der Waals surface area (Å²) in [4.78, 5) is 36.0. The lowest BCUT2D eigenvalue weighted by molar-refractivity contribution is -0.115. The molecule has 0 aliphatic heterocycles. The first-order chi connectivity index (χ1) is 13.6. The number of carbonyl (C=O) groups excluding carboxylic acids is 2. The molecule has 154 valence electrons. The fourth-order valence-corrected chi connectivity index (χ4v) is 4.16. The van der Waals surface area contributed by atoms with Crippen LogP contribution in [0, 0.1) is 0 Å². The van der Waals surface area contributed by atoms with Crippen LogP contribution >= 0.6 is 11.6 Å². The molecule has 10 nitrogen and oxygen atoms in total. The summed E-state index contributed by atoms with van der Waals surface area (Å²) in [5, 5.41) is 7.04. The molecule has 0 radical (unpaired) electrons. The fraction of sp³-hybridized carbons (Fsp3) is 0.353. The lowest BCUT2D eigenvalue weighted by atomic mass is 10.1. The van der Waals surface area contributed by atoms with Gasteiger partial charge in [0.25, 0.3) is 0 Å². The number of nitrogens with zero attached hydrogens (tertiary/aromatic N) is 4. The van der Waals surface area contributed by atoms with Gasteiger partial charge in [0, 0.05) is 37.8 Å². The van der Waals surface area contributed by atoms with Crippen LogP contribution in [0.1, 0.15) is 35.2 Å². The molecule has 0 saturated heterocycles. The van der Waals surface area contributed by atoms with Crippen LogP contribution in [0.4, 0.5) is 0 Å². The van der Waals surface area contributed by atoms with E-state index in [2.05, 4.69) is 10.4 Å². The largest absolute Gasteiger partial charge is 0.427 e. The zero-order valence-corrected chi connectivity index (χ0v) is 17.2. The first-order valence-electron chi connectivity index (χ1n) is 8.51. The molecule has 2 aromatic rings. The van der Waals surface area contributed by atoms with Crippen LogP contribution in [0.3, 0.4) is 0 Å². The average molecular weight is 441 g/mol. The Hall–Kier alpha value is -2.79. The minimum atomic E-state index is -3.72. The molecule has 0 spiro atoms. The molecule has 12 heteroatoms. The van der Waals surface area contributed by atoms with Crippen molar-refractivity contribution in [3.05, 3.63) is 50.6 Å². The van der Waals surface area contributed by atoms with Gasteiger partial charge >= 0.3 is 11.7 Å². The molecule has 1 aromatic heterocycles. The van der Waals surface area contributed by atoms with Gasteiger partial charge in [-0.05, 0) is 29.0 Å². The molecule has 1 aliphatic rings. The second-order valence-corrected chi connectivity index (χ2v) is 8.90. The lowest BCUT2D eigenvalue weighted by Gasteiger charge is -2.15. The number of halogens is 1. The number of hydrogen-bond acceptors (Lipinski definition) is 8. The highest BCUT2D eigenvalue weighted by Gasteiger charge is 2.25. The van der Waals surface area contributed by atoms with E-state index in [0.29, 0.717) is 19.3 Å². The van der Waals surface area contributed by atoms with Crippen molar-refractivity contribution in [2.45, 2.75) is 30.7 Å². The van der Waals surface area contributed by atoms with E-state index in [1.54, 1.807) is 0 Å². The third kappa shape index (κ3) is 4.46. The number of aryl methyl sites for hydroxylation is 1. The van der Waals surface area contributed by atoms with Crippen molar-refractivity contribution in [1.29, 1.82) is 0 Å². The van der Waals surface area contributed by atoms with E-state index < -0.39 is 21.5 Å². The molecule has 1 aliphatic carbocycles. The number of rotatable bonds is 5. The van der Waals surface area contributed by atoms with E-state index in [1.165, 1.54) is 25.3 Å². The molecular weight excluding hydrogens is 424 g/mol. The topological polar surface area (TPSA) is 130 Å². The highest BCUT2D eigenvalue weighted by Crippen LogP contribution is 2.30. The van der Waals surface area contributed by atoms with Gasteiger partial charge in [0.1, 0.15) is 5.76 Å². The van der Waals surface area contributed by atoms with Crippen LogP contribution in [0.15, 0.2) is 33.7 Å². The van der Waals surface area contributed by atoms with E-state index in [1.807, 2.05) is 0 Å². The van der Waals surface area contributed by atoms with Gasteiger partial charge in [0.05, 0.1) is 22.0 Å². The predicted octanol–water partition coefficient (Wildman–Crippen LogP) is 0.876. The number of esters is 1. The first-order valence-corrected chi connectivity index (χ1v) is 10.8. The fourth-order valence-electron chi connectivity index (χ4n) is 2.87. The van der Waals surface area contributed by atoms with Crippen LogP contribution < -0.4 is 5.69 Å². The van der Waals surface area contributed by atoms with E-state index in [-0.39, 0.29) is 39.1 Å². The van der Waals surface area contributed by atoms with E-state index >= 15 is 0 Å². The number of ketones is 1. The molecule has 0 fully saturated rings. The van der Waals surface area contributed by atoms with Gasteiger partial charge < -0.3 is 4.74 Å². The monoisotopic (exact) mass is 440 g/mol. The predicted molar refractivity (Wildman–Crippen MR) is 101 cm³/mol. The standard InChI is InChI=1S/C17H17ClN4O6S/c1-21-17(25)22(20-19-21)9-13-14(29(2,26)27)7-6-12(15(13)18)16(24)28-11-5-3-4-10(23)8-11/h6-8H,3-5,9H2,1-2H3. The van der Waals surface area contributed by atoms with Crippen molar-refractivity contribution in [1.82, 2.24) is 19.8 Å². The molecule has 29 heavy (non-hydrogen) atoms. The van der Waals surface area contributed by atoms with Gasteiger partial charge in [0.2, 0.25) is 0 Å². The molecule has 1 heterocycles. The van der Waals surface area contributed by atoms with Gasteiger partial charge in [-0.1, -0.05) is 11.6 Å². The Morgan fingerprint density at radius 3 is 2.55 bits per heavy atom. The number of benzene rings is 1. The van der Waals surface area contributed by atoms with Crippen LogP contribution in [-0.4, -0.2) is 46.2 Å². The molecule has 0 bridgehead atoms. The van der Waals surface area contributed by atoms with Crippen molar-refractivity contribution in [2.24, 2.45) is 7.05 Å². The quantitative estimate of drug-likeness (QED) is 0.626. The summed E-state index contributed by atoms with van der Waals surface area (Å²) in [5.74, 6) is -0.745. The zero-order chi connectivity index (χ0) is 21.3. The van der Waals surface area contributed by atoms with Crippen molar-refractivity contribution < 1.29 is 22.7 Å². The maximum absolute atomic E-state index is 12.6. The molecule has 1 aromatic carbocycles. The Balaban J connectivity index is 2.03. The number of carbonyl (C=O) groups is 2. The summed E-state index contributed by atoms with van der Waals surface area (Å²) in [5.41, 5.74) is -0.663. The molecule has 0 amide bonds. The van der Waals surface area contributed by atoms with Crippen molar-refractivity contribution in [3.8, 4) is 0 Å². The number of aromatic nitrogens is 4. The molecule has 3 rings (SSSR count). The second kappa shape index (κ2) is 7.91. The minimum absolute atomic E-state index is 0.0138. The Morgan fingerprint density at radius 2 is 1.97 bits per heavy atom. The third-order valence-corrected chi connectivity index (χ3v) is 5.91. The summed E-state index contributed by atoms with van der Waals surface area (Å²) in [6.45, 7) is -0.309. The summed E-state index contributed by atoms with van der Waals surface area (Å²) in [6, 6.07) is 2.45. The van der Waals surface area contributed by atoms with Crippen LogP contribution in [0.2, 0.25) is 5.02 Å². The Morgan fingerprint density at radius 1 is 1.24 bits per heavy atom. The Bertz CT molecular complexity index is 1190.